The SMILES string of the molecule is COc1ccc2c(c1)c(CC(=O)Nc1nccs1)c(C)n2C(=O)c1ccc(Cl)cc1. The van der Waals surface area contributed by atoms with Gasteiger partial charge < -0.3 is 10.1 Å². The van der Waals surface area contributed by atoms with Crippen molar-refractivity contribution in [2.24, 2.45) is 0 Å². The second-order valence-electron chi connectivity index (χ2n) is 6.66. The van der Waals surface area contributed by atoms with E-state index in [-0.39, 0.29) is 18.2 Å². The van der Waals surface area contributed by atoms with Crippen molar-refractivity contribution >= 4 is 50.8 Å². The third-order valence-corrected chi connectivity index (χ3v) is 5.79. The molecular formula is C22H18ClN3O3S. The minimum Gasteiger partial charge on any atom is -0.497 e. The molecule has 4 aromatic rings. The number of aromatic nitrogens is 2. The molecule has 0 unspecified atom stereocenters. The molecule has 1 amide bonds. The Hall–Kier alpha value is -3.16. The van der Waals surface area contributed by atoms with Crippen LogP contribution in [0.25, 0.3) is 10.9 Å². The highest BCUT2D eigenvalue weighted by Gasteiger charge is 2.22. The Morgan fingerprint density at radius 1 is 1.20 bits per heavy atom. The van der Waals surface area contributed by atoms with Gasteiger partial charge in [0.2, 0.25) is 5.91 Å². The molecular weight excluding hydrogens is 422 g/mol. The van der Waals surface area contributed by atoms with Crippen molar-refractivity contribution in [3.05, 3.63) is 75.9 Å². The first kappa shape index (κ1) is 20.1. The van der Waals surface area contributed by atoms with E-state index in [1.807, 2.05) is 19.1 Å². The zero-order chi connectivity index (χ0) is 21.3. The second-order valence-corrected chi connectivity index (χ2v) is 7.99. The van der Waals surface area contributed by atoms with Crippen LogP contribution in [0.4, 0.5) is 5.13 Å². The summed E-state index contributed by atoms with van der Waals surface area (Å²) in [5.74, 6) is 0.264. The number of fused-ring (bicyclic) bond motifs is 1. The van der Waals surface area contributed by atoms with Gasteiger partial charge in [-0.2, -0.15) is 0 Å². The molecule has 2 heterocycles. The Labute approximate surface area is 182 Å². The fraction of sp³-hybridized carbons (Fsp3) is 0.136. The van der Waals surface area contributed by atoms with E-state index in [9.17, 15) is 9.59 Å². The summed E-state index contributed by atoms with van der Waals surface area (Å²) in [5.41, 5.74) is 2.69. The lowest BCUT2D eigenvalue weighted by Gasteiger charge is -2.08. The zero-order valence-corrected chi connectivity index (χ0v) is 17.9. The molecule has 8 heteroatoms. The van der Waals surface area contributed by atoms with Gasteiger partial charge in [0.15, 0.2) is 5.13 Å². The van der Waals surface area contributed by atoms with Gasteiger partial charge in [-0.05, 0) is 55.0 Å². The Morgan fingerprint density at radius 3 is 2.63 bits per heavy atom. The number of amides is 1. The number of benzene rings is 2. The second kappa shape index (κ2) is 8.30. The van der Waals surface area contributed by atoms with Crippen LogP contribution in [-0.2, 0) is 11.2 Å². The molecule has 0 aliphatic carbocycles. The summed E-state index contributed by atoms with van der Waals surface area (Å²) < 4.78 is 6.99. The number of ether oxygens (including phenoxy) is 1. The summed E-state index contributed by atoms with van der Waals surface area (Å²) in [6.45, 7) is 1.84. The summed E-state index contributed by atoms with van der Waals surface area (Å²) >= 11 is 7.31. The number of thiazole rings is 1. The van der Waals surface area contributed by atoms with Gasteiger partial charge in [0, 0.05) is 33.2 Å². The number of hydrogen-bond donors (Lipinski definition) is 1. The van der Waals surface area contributed by atoms with Gasteiger partial charge >= 0.3 is 0 Å². The quantitative estimate of drug-likeness (QED) is 0.478. The van der Waals surface area contributed by atoms with E-state index in [0.29, 0.717) is 32.7 Å². The summed E-state index contributed by atoms with van der Waals surface area (Å²) in [5, 5.41) is 6.48. The van der Waals surface area contributed by atoms with Crippen LogP contribution >= 0.6 is 22.9 Å². The highest BCUT2D eigenvalue weighted by Crippen LogP contribution is 2.31. The van der Waals surface area contributed by atoms with Crippen molar-refractivity contribution in [2.45, 2.75) is 13.3 Å². The Kier molecular flexibility index (Phi) is 5.57. The first-order valence-electron chi connectivity index (χ1n) is 9.15. The van der Waals surface area contributed by atoms with Crippen molar-refractivity contribution in [3.8, 4) is 5.75 Å². The van der Waals surface area contributed by atoms with E-state index in [2.05, 4.69) is 10.3 Å². The van der Waals surface area contributed by atoms with E-state index < -0.39 is 0 Å². The third kappa shape index (κ3) is 3.81. The van der Waals surface area contributed by atoms with Crippen LogP contribution in [-0.4, -0.2) is 28.5 Å². The molecule has 4 rings (SSSR count). The van der Waals surface area contributed by atoms with Gasteiger partial charge in [0.1, 0.15) is 5.75 Å². The molecule has 2 aromatic heterocycles. The molecule has 0 aliphatic rings. The van der Waals surface area contributed by atoms with E-state index in [1.54, 1.807) is 53.6 Å². The van der Waals surface area contributed by atoms with Crippen LogP contribution in [0.1, 0.15) is 21.6 Å². The molecule has 0 saturated carbocycles. The molecule has 1 N–H and O–H groups in total. The average molecular weight is 440 g/mol. The molecule has 0 bridgehead atoms. The van der Waals surface area contributed by atoms with Crippen molar-refractivity contribution < 1.29 is 14.3 Å². The van der Waals surface area contributed by atoms with E-state index in [0.717, 1.165) is 10.9 Å². The van der Waals surface area contributed by atoms with Crippen LogP contribution in [0.5, 0.6) is 5.75 Å². The number of hydrogen-bond acceptors (Lipinski definition) is 5. The fourth-order valence-corrected chi connectivity index (χ4v) is 4.08. The normalized spacial score (nSPS) is 10.9. The smallest absolute Gasteiger partial charge is 0.262 e. The molecule has 152 valence electrons. The summed E-state index contributed by atoms with van der Waals surface area (Å²) in [6, 6.07) is 12.2. The largest absolute Gasteiger partial charge is 0.497 e. The maximum Gasteiger partial charge on any atom is 0.262 e. The Balaban J connectivity index is 1.79. The van der Waals surface area contributed by atoms with Gasteiger partial charge in [-0.15, -0.1) is 11.3 Å². The third-order valence-electron chi connectivity index (χ3n) is 4.85. The molecule has 0 atom stereocenters. The number of rotatable bonds is 5. The Morgan fingerprint density at radius 2 is 1.97 bits per heavy atom. The molecule has 0 saturated heterocycles. The minimum atomic E-state index is -0.200. The van der Waals surface area contributed by atoms with Gasteiger partial charge in [-0.3, -0.25) is 14.2 Å². The molecule has 0 radical (unpaired) electrons. The minimum absolute atomic E-state index is 0.107. The molecule has 0 aliphatic heterocycles. The average Bonchev–Trinajstić information content (AvgIpc) is 3.34. The van der Waals surface area contributed by atoms with E-state index in [1.165, 1.54) is 11.3 Å². The number of anilines is 1. The molecule has 30 heavy (non-hydrogen) atoms. The zero-order valence-electron chi connectivity index (χ0n) is 16.3. The first-order chi connectivity index (χ1) is 14.5. The lowest BCUT2D eigenvalue weighted by atomic mass is 10.1. The van der Waals surface area contributed by atoms with E-state index >= 15 is 0 Å². The summed E-state index contributed by atoms with van der Waals surface area (Å²) in [4.78, 5) is 30.0. The fourth-order valence-electron chi connectivity index (χ4n) is 3.40. The predicted octanol–water partition coefficient (Wildman–Crippen LogP) is 4.94. The predicted molar refractivity (Wildman–Crippen MR) is 119 cm³/mol. The van der Waals surface area contributed by atoms with Crippen LogP contribution in [0.3, 0.4) is 0 Å². The van der Waals surface area contributed by atoms with Crippen LogP contribution in [0.2, 0.25) is 5.02 Å². The lowest BCUT2D eigenvalue weighted by Crippen LogP contribution is -2.16. The maximum atomic E-state index is 13.3. The van der Waals surface area contributed by atoms with Crippen molar-refractivity contribution in [1.82, 2.24) is 9.55 Å². The van der Waals surface area contributed by atoms with Gasteiger partial charge in [0.05, 0.1) is 19.0 Å². The first-order valence-corrected chi connectivity index (χ1v) is 10.4. The summed E-state index contributed by atoms with van der Waals surface area (Å²) in [7, 11) is 1.58. The van der Waals surface area contributed by atoms with Gasteiger partial charge in [0.25, 0.3) is 5.91 Å². The van der Waals surface area contributed by atoms with Crippen LogP contribution in [0.15, 0.2) is 54.0 Å². The number of nitrogens with one attached hydrogen (secondary N) is 1. The molecule has 2 aromatic carbocycles. The highest BCUT2D eigenvalue weighted by atomic mass is 35.5. The molecule has 6 nitrogen and oxygen atoms in total. The summed E-state index contributed by atoms with van der Waals surface area (Å²) in [6.07, 6.45) is 1.74. The number of nitrogens with zero attached hydrogens (tertiary/aromatic N) is 2. The van der Waals surface area contributed by atoms with Crippen LogP contribution < -0.4 is 10.1 Å². The number of carbonyl (C=O) groups is 2. The van der Waals surface area contributed by atoms with Crippen molar-refractivity contribution in [2.75, 3.05) is 12.4 Å². The highest BCUT2D eigenvalue weighted by molar-refractivity contribution is 7.13. The van der Waals surface area contributed by atoms with Crippen LogP contribution in [0, 0.1) is 6.92 Å². The molecule has 0 fully saturated rings. The lowest BCUT2D eigenvalue weighted by molar-refractivity contribution is -0.115. The standard InChI is InChI=1S/C22H18ClN3O3S/c1-13-17(12-20(27)25-22-24-9-10-30-22)18-11-16(29-2)7-8-19(18)26(13)21(28)14-3-5-15(23)6-4-14/h3-11H,12H2,1-2H3,(H,24,25,27). The molecule has 0 spiro atoms. The van der Waals surface area contributed by atoms with Crippen molar-refractivity contribution in [1.29, 1.82) is 0 Å². The topological polar surface area (TPSA) is 73.2 Å². The number of methoxy groups -OCH3 is 1. The number of carbonyl (C=O) groups excluding carboxylic acids is 2. The van der Waals surface area contributed by atoms with E-state index in [4.69, 9.17) is 16.3 Å². The Bertz CT molecular complexity index is 1230. The number of halogens is 1. The monoisotopic (exact) mass is 439 g/mol. The van der Waals surface area contributed by atoms with Crippen molar-refractivity contribution in [3.63, 3.8) is 0 Å². The maximum absolute atomic E-state index is 13.3. The van der Waals surface area contributed by atoms with Gasteiger partial charge in [-0.1, -0.05) is 11.6 Å². The van der Waals surface area contributed by atoms with Gasteiger partial charge in [-0.25, -0.2) is 4.98 Å².